The first-order chi connectivity index (χ1) is 9.93. The SMILES string of the molecule is O=[N+]([O-])c1c(O)c(O)c2c(c1[N+](=O)[O-])Cc1ccccc1-2. The van der Waals surface area contributed by atoms with Crippen LogP contribution in [-0.2, 0) is 6.42 Å². The standard InChI is InChI=1S/C13H8N2O6/c16-12-9-7-4-2-1-3-6(7)5-8(9)10(14(18)19)11(13(12)17)15(20)21/h1-4,16-17H,5H2. The first-order valence-electron chi connectivity index (χ1n) is 5.91. The van der Waals surface area contributed by atoms with Gasteiger partial charge in [-0.1, -0.05) is 24.3 Å². The van der Waals surface area contributed by atoms with Crippen molar-refractivity contribution >= 4 is 11.4 Å². The van der Waals surface area contributed by atoms with Gasteiger partial charge in [0.05, 0.1) is 15.4 Å². The van der Waals surface area contributed by atoms with E-state index in [1.807, 2.05) is 0 Å². The van der Waals surface area contributed by atoms with Gasteiger partial charge < -0.3 is 10.2 Å². The molecule has 2 N–H and O–H groups in total. The van der Waals surface area contributed by atoms with Gasteiger partial charge in [0.25, 0.3) is 0 Å². The van der Waals surface area contributed by atoms with Crippen molar-refractivity contribution in [2.75, 3.05) is 0 Å². The van der Waals surface area contributed by atoms with E-state index < -0.39 is 32.7 Å². The molecule has 0 saturated heterocycles. The van der Waals surface area contributed by atoms with Crippen molar-refractivity contribution in [1.82, 2.24) is 0 Å². The lowest BCUT2D eigenvalue weighted by Gasteiger charge is -2.07. The van der Waals surface area contributed by atoms with Crippen molar-refractivity contribution in [3.05, 3.63) is 55.6 Å². The minimum atomic E-state index is -1.08. The van der Waals surface area contributed by atoms with Crippen molar-refractivity contribution in [1.29, 1.82) is 0 Å². The molecule has 1 aliphatic rings. The van der Waals surface area contributed by atoms with Crippen molar-refractivity contribution < 1.29 is 20.1 Å². The summed E-state index contributed by atoms with van der Waals surface area (Å²) in [6.07, 6.45) is 0.0937. The first kappa shape index (κ1) is 12.9. The lowest BCUT2D eigenvalue weighted by atomic mass is 10.0. The van der Waals surface area contributed by atoms with Crippen LogP contribution in [0.15, 0.2) is 24.3 Å². The number of aromatic hydroxyl groups is 2. The summed E-state index contributed by atoms with van der Waals surface area (Å²) in [5.41, 5.74) is -0.502. The maximum absolute atomic E-state index is 11.2. The van der Waals surface area contributed by atoms with Gasteiger partial charge in [-0.05, 0) is 11.1 Å². The Morgan fingerprint density at radius 2 is 1.57 bits per heavy atom. The monoisotopic (exact) mass is 288 g/mol. The molecule has 0 spiro atoms. The predicted octanol–water partition coefficient (Wildman–Crippen LogP) is 2.49. The van der Waals surface area contributed by atoms with Gasteiger partial charge in [-0.25, -0.2) is 0 Å². The predicted molar refractivity (Wildman–Crippen MR) is 71.3 cm³/mol. The molecule has 3 rings (SSSR count). The van der Waals surface area contributed by atoms with Crippen LogP contribution in [0.1, 0.15) is 11.1 Å². The fraction of sp³-hybridized carbons (Fsp3) is 0.0769. The molecule has 2 aromatic carbocycles. The summed E-state index contributed by atoms with van der Waals surface area (Å²) in [6, 6.07) is 6.75. The van der Waals surface area contributed by atoms with Crippen LogP contribution in [0.4, 0.5) is 11.4 Å². The van der Waals surface area contributed by atoms with Gasteiger partial charge in [0.2, 0.25) is 5.75 Å². The van der Waals surface area contributed by atoms with Crippen LogP contribution in [0.25, 0.3) is 11.1 Å². The molecule has 21 heavy (non-hydrogen) atoms. The Labute approximate surface area is 117 Å². The van der Waals surface area contributed by atoms with E-state index in [1.54, 1.807) is 24.3 Å². The zero-order valence-corrected chi connectivity index (χ0v) is 10.4. The Morgan fingerprint density at radius 3 is 2.19 bits per heavy atom. The number of rotatable bonds is 2. The number of phenols is 2. The Hall–Kier alpha value is -3.16. The molecule has 0 heterocycles. The molecule has 0 radical (unpaired) electrons. The molecule has 1 aliphatic carbocycles. The number of fused-ring (bicyclic) bond motifs is 3. The van der Waals surface area contributed by atoms with Crippen LogP contribution >= 0.6 is 0 Å². The summed E-state index contributed by atoms with van der Waals surface area (Å²) in [6.45, 7) is 0. The lowest BCUT2D eigenvalue weighted by Crippen LogP contribution is -2.01. The third-order valence-corrected chi connectivity index (χ3v) is 3.52. The highest BCUT2D eigenvalue weighted by atomic mass is 16.6. The van der Waals surface area contributed by atoms with Crippen LogP contribution in [0.2, 0.25) is 0 Å². The molecule has 106 valence electrons. The zero-order valence-electron chi connectivity index (χ0n) is 10.4. The molecule has 0 fully saturated rings. The second-order valence-corrected chi connectivity index (χ2v) is 4.60. The average Bonchev–Trinajstić information content (AvgIpc) is 2.80. The molecule has 8 nitrogen and oxygen atoms in total. The van der Waals surface area contributed by atoms with Gasteiger partial charge in [0.15, 0.2) is 5.75 Å². The highest BCUT2D eigenvalue weighted by molar-refractivity contribution is 5.91. The third-order valence-electron chi connectivity index (χ3n) is 3.52. The largest absolute Gasteiger partial charge is 0.504 e. The van der Waals surface area contributed by atoms with Gasteiger partial charge >= 0.3 is 11.4 Å². The first-order valence-corrected chi connectivity index (χ1v) is 5.91. The maximum Gasteiger partial charge on any atom is 0.391 e. The second kappa shape index (κ2) is 4.17. The molecule has 2 aromatic rings. The number of nitrogens with zero attached hydrogens (tertiary/aromatic N) is 2. The van der Waals surface area contributed by atoms with Gasteiger partial charge in [0, 0.05) is 12.0 Å². The fourth-order valence-electron chi connectivity index (χ4n) is 2.69. The van der Waals surface area contributed by atoms with Crippen LogP contribution in [0.5, 0.6) is 11.5 Å². The van der Waals surface area contributed by atoms with E-state index >= 15 is 0 Å². The number of hydrogen-bond donors (Lipinski definition) is 2. The maximum atomic E-state index is 11.2. The molecule has 0 aliphatic heterocycles. The van der Waals surface area contributed by atoms with Crippen molar-refractivity contribution in [2.24, 2.45) is 0 Å². The summed E-state index contributed by atoms with van der Waals surface area (Å²) < 4.78 is 0. The normalized spacial score (nSPS) is 11.8. The summed E-state index contributed by atoms with van der Waals surface area (Å²) >= 11 is 0. The van der Waals surface area contributed by atoms with E-state index in [4.69, 9.17) is 0 Å². The molecule has 0 unspecified atom stereocenters. The Bertz CT molecular complexity index is 815. The minimum absolute atomic E-state index is 0.0446. The minimum Gasteiger partial charge on any atom is -0.504 e. The summed E-state index contributed by atoms with van der Waals surface area (Å²) in [4.78, 5) is 20.3. The van der Waals surface area contributed by atoms with E-state index in [2.05, 4.69) is 0 Å². The highest BCUT2D eigenvalue weighted by Crippen LogP contribution is 2.55. The lowest BCUT2D eigenvalue weighted by molar-refractivity contribution is -0.423. The zero-order chi connectivity index (χ0) is 15.3. The Morgan fingerprint density at radius 1 is 0.952 bits per heavy atom. The van der Waals surface area contributed by atoms with E-state index in [1.165, 1.54) is 0 Å². The van der Waals surface area contributed by atoms with Crippen molar-refractivity contribution in [3.63, 3.8) is 0 Å². The number of benzene rings is 2. The topological polar surface area (TPSA) is 127 Å². The quantitative estimate of drug-likeness (QED) is 0.423. The average molecular weight is 288 g/mol. The van der Waals surface area contributed by atoms with E-state index in [9.17, 15) is 30.4 Å². The van der Waals surface area contributed by atoms with Crippen LogP contribution in [0, 0.1) is 20.2 Å². The number of phenolic OH excluding ortho intramolecular Hbond substituents is 2. The Kier molecular flexibility index (Phi) is 2.55. The number of nitro benzene ring substituents is 2. The van der Waals surface area contributed by atoms with Crippen LogP contribution < -0.4 is 0 Å². The van der Waals surface area contributed by atoms with Crippen molar-refractivity contribution in [3.8, 4) is 22.6 Å². The third kappa shape index (κ3) is 1.62. The molecular formula is C13H8N2O6. The molecule has 0 amide bonds. The molecule has 0 aromatic heterocycles. The molecule has 0 saturated carbocycles. The van der Waals surface area contributed by atoms with Crippen LogP contribution in [-0.4, -0.2) is 20.1 Å². The fourth-order valence-corrected chi connectivity index (χ4v) is 2.69. The smallest absolute Gasteiger partial charge is 0.391 e. The van der Waals surface area contributed by atoms with Gasteiger partial charge in [-0.2, -0.15) is 0 Å². The second-order valence-electron chi connectivity index (χ2n) is 4.60. The van der Waals surface area contributed by atoms with E-state index in [0.29, 0.717) is 11.1 Å². The van der Waals surface area contributed by atoms with Gasteiger partial charge in [-0.15, -0.1) is 0 Å². The summed E-state index contributed by atoms with van der Waals surface area (Å²) in [7, 11) is 0. The molecule has 8 heteroatoms. The summed E-state index contributed by atoms with van der Waals surface area (Å²) in [5.74, 6) is -1.78. The van der Waals surface area contributed by atoms with E-state index in [-0.39, 0.29) is 17.5 Å². The number of nitro groups is 2. The summed E-state index contributed by atoms with van der Waals surface area (Å²) in [5, 5.41) is 42.0. The number of hydrogen-bond acceptors (Lipinski definition) is 6. The Balaban J connectivity index is 2.46. The molecule has 0 bridgehead atoms. The van der Waals surface area contributed by atoms with Gasteiger partial charge in [0.1, 0.15) is 0 Å². The van der Waals surface area contributed by atoms with Crippen LogP contribution in [0.3, 0.4) is 0 Å². The van der Waals surface area contributed by atoms with E-state index in [0.717, 1.165) is 0 Å². The van der Waals surface area contributed by atoms with Gasteiger partial charge in [-0.3, -0.25) is 20.2 Å². The highest BCUT2D eigenvalue weighted by Gasteiger charge is 2.41. The molecule has 0 atom stereocenters. The molecular weight excluding hydrogens is 280 g/mol. The van der Waals surface area contributed by atoms with Crippen molar-refractivity contribution in [2.45, 2.75) is 6.42 Å².